The molecule has 2 aromatic carbocycles. The molecule has 1 fully saturated rings. The van der Waals surface area contributed by atoms with Crippen molar-refractivity contribution in [1.82, 2.24) is 4.90 Å². The number of ether oxygens (including phenoxy) is 1. The Morgan fingerprint density at radius 2 is 2.00 bits per heavy atom. The fourth-order valence-corrected chi connectivity index (χ4v) is 5.63. The van der Waals surface area contributed by atoms with Gasteiger partial charge in [-0.3, -0.25) is 4.79 Å². The van der Waals surface area contributed by atoms with E-state index >= 15 is 0 Å². The number of amides is 1. The number of benzene rings is 2. The lowest BCUT2D eigenvalue weighted by Gasteiger charge is -2.32. The third kappa shape index (κ3) is 5.45. The second-order valence-corrected chi connectivity index (χ2v) is 10.3. The van der Waals surface area contributed by atoms with Gasteiger partial charge in [-0.2, -0.15) is 0 Å². The SMILES string of the molecule is CC[C@@H](Oc1ccccc1F)C(=O)N(Cc1ccc(Cl)cc1Cl)[C@H]1CCS(=O)(=O)C1. The van der Waals surface area contributed by atoms with Gasteiger partial charge in [-0.05, 0) is 42.7 Å². The number of hydrogen-bond acceptors (Lipinski definition) is 4. The molecular formula is C21H22Cl2FNO4S. The minimum atomic E-state index is -3.23. The van der Waals surface area contributed by atoms with Crippen LogP contribution >= 0.6 is 23.2 Å². The van der Waals surface area contributed by atoms with Gasteiger partial charge in [0.2, 0.25) is 0 Å². The molecule has 0 bridgehead atoms. The van der Waals surface area contributed by atoms with Gasteiger partial charge in [0.05, 0.1) is 11.5 Å². The predicted molar refractivity (Wildman–Crippen MR) is 115 cm³/mol. The molecule has 0 aliphatic carbocycles. The van der Waals surface area contributed by atoms with Crippen molar-refractivity contribution < 1.29 is 22.3 Å². The average Bonchev–Trinajstić information content (AvgIpc) is 3.05. The minimum Gasteiger partial charge on any atom is -0.478 e. The molecule has 0 radical (unpaired) electrons. The zero-order chi connectivity index (χ0) is 21.9. The van der Waals surface area contributed by atoms with Crippen LogP contribution in [-0.4, -0.2) is 42.9 Å². The second kappa shape index (κ2) is 9.54. The van der Waals surface area contributed by atoms with Crippen molar-refractivity contribution >= 4 is 38.9 Å². The Morgan fingerprint density at radius 1 is 1.27 bits per heavy atom. The van der Waals surface area contributed by atoms with Crippen LogP contribution in [0.3, 0.4) is 0 Å². The number of hydrogen-bond donors (Lipinski definition) is 0. The van der Waals surface area contributed by atoms with Crippen LogP contribution in [0.15, 0.2) is 42.5 Å². The van der Waals surface area contributed by atoms with Gasteiger partial charge >= 0.3 is 0 Å². The van der Waals surface area contributed by atoms with E-state index in [4.69, 9.17) is 27.9 Å². The molecule has 1 heterocycles. The second-order valence-electron chi connectivity index (χ2n) is 7.20. The standard InChI is InChI=1S/C21H22Cl2FNO4S/c1-2-19(29-20-6-4-3-5-18(20)24)21(26)25(16-9-10-30(27,28)13-16)12-14-7-8-15(22)11-17(14)23/h3-8,11,16,19H,2,9-10,12-13H2,1H3/t16-,19+/m0/s1. The van der Waals surface area contributed by atoms with Crippen LogP contribution in [0.4, 0.5) is 4.39 Å². The first-order valence-electron chi connectivity index (χ1n) is 9.56. The van der Waals surface area contributed by atoms with E-state index in [9.17, 15) is 17.6 Å². The van der Waals surface area contributed by atoms with E-state index in [1.165, 1.54) is 23.1 Å². The van der Waals surface area contributed by atoms with Crippen LogP contribution in [0.5, 0.6) is 5.75 Å². The molecule has 0 spiro atoms. The molecule has 9 heteroatoms. The lowest BCUT2D eigenvalue weighted by Crippen LogP contribution is -2.47. The maximum atomic E-state index is 14.0. The Balaban J connectivity index is 1.89. The van der Waals surface area contributed by atoms with Crippen molar-refractivity contribution in [1.29, 1.82) is 0 Å². The van der Waals surface area contributed by atoms with Gasteiger partial charge in [-0.1, -0.05) is 48.3 Å². The van der Waals surface area contributed by atoms with Crippen molar-refractivity contribution in [3.63, 3.8) is 0 Å². The zero-order valence-electron chi connectivity index (χ0n) is 16.4. The minimum absolute atomic E-state index is 0.0146. The molecule has 162 valence electrons. The summed E-state index contributed by atoms with van der Waals surface area (Å²) in [5.41, 5.74) is 0.638. The first kappa shape index (κ1) is 22.8. The summed E-state index contributed by atoms with van der Waals surface area (Å²) in [5, 5.41) is 0.837. The molecule has 1 saturated heterocycles. The number of carbonyl (C=O) groups excluding carboxylic acids is 1. The van der Waals surface area contributed by atoms with E-state index in [2.05, 4.69) is 0 Å². The van der Waals surface area contributed by atoms with Crippen LogP contribution < -0.4 is 4.74 Å². The summed E-state index contributed by atoms with van der Waals surface area (Å²) in [5.74, 6) is -1.12. The van der Waals surface area contributed by atoms with E-state index in [1.807, 2.05) is 0 Å². The zero-order valence-corrected chi connectivity index (χ0v) is 18.7. The summed E-state index contributed by atoms with van der Waals surface area (Å²) in [6.45, 7) is 1.86. The number of rotatable bonds is 7. The fraction of sp³-hybridized carbons (Fsp3) is 0.381. The van der Waals surface area contributed by atoms with Gasteiger partial charge in [0, 0.05) is 22.6 Å². The quantitative estimate of drug-likeness (QED) is 0.593. The highest BCUT2D eigenvalue weighted by atomic mass is 35.5. The number of carbonyl (C=O) groups is 1. The van der Waals surface area contributed by atoms with Crippen molar-refractivity contribution in [2.75, 3.05) is 11.5 Å². The molecule has 30 heavy (non-hydrogen) atoms. The summed E-state index contributed by atoms with van der Waals surface area (Å²) in [6.07, 6.45) is -0.344. The molecule has 1 aliphatic rings. The van der Waals surface area contributed by atoms with Crippen LogP contribution in [0, 0.1) is 5.82 Å². The van der Waals surface area contributed by atoms with Gasteiger partial charge < -0.3 is 9.64 Å². The fourth-order valence-electron chi connectivity index (χ4n) is 3.43. The maximum absolute atomic E-state index is 14.0. The summed E-state index contributed by atoms with van der Waals surface area (Å²) in [4.78, 5) is 14.9. The van der Waals surface area contributed by atoms with E-state index in [1.54, 1.807) is 31.2 Å². The first-order chi connectivity index (χ1) is 14.2. The normalized spacial score (nSPS) is 18.7. The van der Waals surface area contributed by atoms with Gasteiger partial charge in [-0.25, -0.2) is 12.8 Å². The van der Waals surface area contributed by atoms with Gasteiger partial charge in [0.1, 0.15) is 0 Å². The molecule has 1 amide bonds. The summed E-state index contributed by atoms with van der Waals surface area (Å²) < 4.78 is 43.8. The molecular weight excluding hydrogens is 452 g/mol. The van der Waals surface area contributed by atoms with Crippen molar-refractivity contribution in [3.05, 3.63) is 63.9 Å². The molecule has 0 aromatic heterocycles. The van der Waals surface area contributed by atoms with Gasteiger partial charge in [0.25, 0.3) is 5.91 Å². The Bertz CT molecular complexity index is 1030. The average molecular weight is 474 g/mol. The number of halogens is 3. The Morgan fingerprint density at radius 3 is 2.60 bits per heavy atom. The summed E-state index contributed by atoms with van der Waals surface area (Å²) in [6, 6.07) is 10.3. The highest BCUT2D eigenvalue weighted by molar-refractivity contribution is 7.91. The molecule has 2 aromatic rings. The molecule has 2 atom stereocenters. The van der Waals surface area contributed by atoms with E-state index in [0.29, 0.717) is 22.0 Å². The van der Waals surface area contributed by atoms with E-state index < -0.39 is 33.7 Å². The number of sulfone groups is 1. The first-order valence-corrected chi connectivity index (χ1v) is 12.1. The van der Waals surface area contributed by atoms with Crippen LogP contribution in [0.25, 0.3) is 0 Å². The predicted octanol–water partition coefficient (Wildman–Crippen LogP) is 4.51. The number of para-hydroxylation sites is 1. The van der Waals surface area contributed by atoms with Crippen LogP contribution in [0.2, 0.25) is 10.0 Å². The summed E-state index contributed by atoms with van der Waals surface area (Å²) >= 11 is 12.2. The maximum Gasteiger partial charge on any atom is 0.264 e. The highest BCUT2D eigenvalue weighted by Crippen LogP contribution is 2.27. The van der Waals surface area contributed by atoms with Crippen molar-refractivity contribution in [2.45, 2.75) is 38.5 Å². The summed E-state index contributed by atoms with van der Waals surface area (Å²) in [7, 11) is -3.23. The Labute approximate surface area is 185 Å². The smallest absolute Gasteiger partial charge is 0.264 e. The van der Waals surface area contributed by atoms with Gasteiger partial charge in [-0.15, -0.1) is 0 Å². The van der Waals surface area contributed by atoms with E-state index in [0.717, 1.165) is 0 Å². The van der Waals surface area contributed by atoms with E-state index in [-0.39, 0.29) is 30.2 Å². The van der Waals surface area contributed by atoms with Crippen molar-refractivity contribution in [2.24, 2.45) is 0 Å². The monoisotopic (exact) mass is 473 g/mol. The molecule has 0 N–H and O–H groups in total. The lowest BCUT2D eigenvalue weighted by molar-refractivity contribution is -0.141. The lowest BCUT2D eigenvalue weighted by atomic mass is 10.1. The molecule has 1 aliphatic heterocycles. The van der Waals surface area contributed by atoms with Gasteiger partial charge in [0.15, 0.2) is 27.5 Å². The molecule has 0 unspecified atom stereocenters. The molecule has 3 rings (SSSR count). The highest BCUT2D eigenvalue weighted by Gasteiger charge is 2.37. The molecule has 5 nitrogen and oxygen atoms in total. The third-order valence-corrected chi connectivity index (χ3v) is 7.38. The Kier molecular flexibility index (Phi) is 7.26. The van der Waals surface area contributed by atoms with Crippen molar-refractivity contribution in [3.8, 4) is 5.75 Å². The van der Waals surface area contributed by atoms with Crippen LogP contribution in [-0.2, 0) is 21.2 Å². The third-order valence-electron chi connectivity index (χ3n) is 5.04. The van der Waals surface area contributed by atoms with Crippen LogP contribution in [0.1, 0.15) is 25.3 Å². The Hall–Kier alpha value is -1.83. The molecule has 0 saturated carbocycles. The largest absolute Gasteiger partial charge is 0.478 e. The number of nitrogens with zero attached hydrogens (tertiary/aromatic N) is 1. The topological polar surface area (TPSA) is 63.7 Å².